The van der Waals surface area contributed by atoms with Crippen LogP contribution in [0, 0.1) is 11.8 Å². The van der Waals surface area contributed by atoms with Crippen LogP contribution >= 0.6 is 0 Å². The molecule has 1 saturated carbocycles. The smallest absolute Gasteiger partial charge is 0.275 e. The van der Waals surface area contributed by atoms with Gasteiger partial charge in [0.15, 0.2) is 0 Å². The molecule has 5 nitrogen and oxygen atoms in total. The Labute approximate surface area is 127 Å². The van der Waals surface area contributed by atoms with Gasteiger partial charge in [0.05, 0.1) is 6.54 Å². The largest absolute Gasteiger partial charge is 0.447 e. The van der Waals surface area contributed by atoms with Gasteiger partial charge in [-0.1, -0.05) is 26.7 Å². The first-order chi connectivity index (χ1) is 9.82. The lowest BCUT2D eigenvalue weighted by Gasteiger charge is -2.34. The summed E-state index contributed by atoms with van der Waals surface area (Å²) >= 11 is 0. The molecule has 1 fully saturated rings. The van der Waals surface area contributed by atoms with Gasteiger partial charge >= 0.3 is 0 Å². The van der Waals surface area contributed by atoms with E-state index in [1.807, 2.05) is 0 Å². The van der Waals surface area contributed by atoms with Crippen molar-refractivity contribution in [2.45, 2.75) is 50.8 Å². The second-order valence-corrected chi connectivity index (χ2v) is 8.35. The van der Waals surface area contributed by atoms with Gasteiger partial charge in [-0.3, -0.25) is 0 Å². The fraction of sp³-hybridized carbons (Fsp3) is 0.733. The van der Waals surface area contributed by atoms with E-state index in [2.05, 4.69) is 19.2 Å². The van der Waals surface area contributed by atoms with E-state index in [0.717, 1.165) is 10.2 Å². The molecule has 1 aliphatic rings. The number of sulfonamides is 1. The summed E-state index contributed by atoms with van der Waals surface area (Å²) in [6.07, 6.45) is 3.72. The number of rotatable bonds is 5. The first-order valence-corrected chi connectivity index (χ1v) is 9.01. The Bertz CT molecular complexity index is 565. The lowest BCUT2D eigenvalue weighted by molar-refractivity contribution is 0.202. The Morgan fingerprint density at radius 1 is 1.29 bits per heavy atom. The third kappa shape index (κ3) is 3.67. The predicted molar refractivity (Wildman–Crippen MR) is 82.4 cm³/mol. The number of hydrogen-bond acceptors (Lipinski definition) is 4. The van der Waals surface area contributed by atoms with Gasteiger partial charge in [0.25, 0.3) is 10.0 Å². The maximum absolute atomic E-state index is 12.0. The van der Waals surface area contributed by atoms with Gasteiger partial charge in [0, 0.05) is 20.1 Å². The predicted octanol–water partition coefficient (Wildman–Crippen LogP) is 2.44. The summed E-state index contributed by atoms with van der Waals surface area (Å²) in [4.78, 5) is 0. The van der Waals surface area contributed by atoms with Crippen molar-refractivity contribution >= 4 is 10.0 Å². The average molecular weight is 314 g/mol. The minimum absolute atomic E-state index is 0.00867. The normalized spacial score (nSPS) is 27.2. The van der Waals surface area contributed by atoms with E-state index < -0.39 is 10.0 Å². The highest BCUT2D eigenvalue weighted by Gasteiger charge is 2.27. The van der Waals surface area contributed by atoms with Crippen molar-refractivity contribution in [1.29, 1.82) is 0 Å². The number of nitrogens with one attached hydrogen (secondary N) is 1. The van der Waals surface area contributed by atoms with Crippen LogP contribution in [-0.2, 0) is 16.6 Å². The Balaban J connectivity index is 1.97. The van der Waals surface area contributed by atoms with Crippen molar-refractivity contribution in [1.82, 2.24) is 9.62 Å². The fourth-order valence-electron chi connectivity index (χ4n) is 2.87. The molecule has 0 amide bonds. The highest BCUT2D eigenvalue weighted by Crippen LogP contribution is 2.29. The average Bonchev–Trinajstić information content (AvgIpc) is 2.90. The third-order valence-corrected chi connectivity index (χ3v) is 6.31. The van der Waals surface area contributed by atoms with Crippen LogP contribution in [0.3, 0.4) is 0 Å². The number of nitrogens with zero attached hydrogens (tertiary/aromatic N) is 1. The molecule has 21 heavy (non-hydrogen) atoms. The molecule has 1 heterocycles. The molecule has 0 radical (unpaired) electrons. The maximum Gasteiger partial charge on any atom is 0.275 e. The molecule has 0 aliphatic heterocycles. The molecule has 0 bridgehead atoms. The SMILES string of the molecule is CC1CCCC(NCc2ccc(S(=O)(=O)N(C)C)o2)C1C. The molecule has 3 atom stereocenters. The van der Waals surface area contributed by atoms with Crippen LogP contribution in [0.1, 0.15) is 38.9 Å². The molecule has 1 aromatic rings. The van der Waals surface area contributed by atoms with E-state index in [-0.39, 0.29) is 5.09 Å². The van der Waals surface area contributed by atoms with Crippen LogP contribution in [-0.4, -0.2) is 32.9 Å². The van der Waals surface area contributed by atoms with Crippen LogP contribution < -0.4 is 5.32 Å². The van der Waals surface area contributed by atoms with Gasteiger partial charge in [-0.15, -0.1) is 0 Å². The van der Waals surface area contributed by atoms with Crippen LogP contribution in [0.15, 0.2) is 21.6 Å². The van der Waals surface area contributed by atoms with Gasteiger partial charge < -0.3 is 9.73 Å². The summed E-state index contributed by atoms with van der Waals surface area (Å²) in [6.45, 7) is 5.16. The second kappa shape index (κ2) is 6.50. The molecule has 2 rings (SSSR count). The standard InChI is InChI=1S/C15H26N2O3S/c1-11-6-5-7-14(12(11)2)16-10-13-8-9-15(20-13)21(18,19)17(3)4/h8-9,11-12,14,16H,5-7,10H2,1-4H3. The molecular weight excluding hydrogens is 288 g/mol. The molecule has 0 spiro atoms. The first kappa shape index (κ1) is 16.5. The number of furan rings is 1. The maximum atomic E-state index is 12.0. The zero-order valence-corrected chi connectivity index (χ0v) is 14.1. The minimum Gasteiger partial charge on any atom is -0.447 e. The fourth-order valence-corrected chi connectivity index (χ4v) is 3.69. The molecule has 6 heteroatoms. The van der Waals surface area contributed by atoms with Crippen LogP contribution in [0.2, 0.25) is 0 Å². The quantitative estimate of drug-likeness (QED) is 0.907. The van der Waals surface area contributed by atoms with Gasteiger partial charge in [-0.05, 0) is 30.4 Å². The summed E-state index contributed by atoms with van der Waals surface area (Å²) in [6, 6.07) is 3.74. The van der Waals surface area contributed by atoms with Crippen LogP contribution in [0.5, 0.6) is 0 Å². The summed E-state index contributed by atoms with van der Waals surface area (Å²) in [5, 5.41) is 3.52. The monoisotopic (exact) mass is 314 g/mol. The Morgan fingerprint density at radius 3 is 2.67 bits per heavy atom. The summed E-state index contributed by atoms with van der Waals surface area (Å²) < 4.78 is 30.5. The van der Waals surface area contributed by atoms with E-state index >= 15 is 0 Å². The van der Waals surface area contributed by atoms with Crippen LogP contribution in [0.4, 0.5) is 0 Å². The molecular formula is C15H26N2O3S. The van der Waals surface area contributed by atoms with Crippen molar-refractivity contribution in [2.24, 2.45) is 11.8 Å². The lowest BCUT2D eigenvalue weighted by atomic mass is 9.78. The Hall–Kier alpha value is -0.850. The molecule has 3 unspecified atom stereocenters. The van der Waals surface area contributed by atoms with Crippen LogP contribution in [0.25, 0.3) is 0 Å². The van der Waals surface area contributed by atoms with Gasteiger partial charge in [0.1, 0.15) is 5.76 Å². The summed E-state index contributed by atoms with van der Waals surface area (Å²) in [7, 11) is -0.478. The summed E-state index contributed by atoms with van der Waals surface area (Å²) in [5.74, 6) is 2.04. The van der Waals surface area contributed by atoms with E-state index in [1.165, 1.54) is 39.4 Å². The van der Waals surface area contributed by atoms with Crippen molar-refractivity contribution in [3.05, 3.63) is 17.9 Å². The third-order valence-electron chi connectivity index (χ3n) is 4.62. The molecule has 0 saturated heterocycles. The van der Waals surface area contributed by atoms with Gasteiger partial charge in [-0.25, -0.2) is 12.7 Å². The van der Waals surface area contributed by atoms with Crippen molar-refractivity contribution in [2.75, 3.05) is 14.1 Å². The molecule has 1 aromatic heterocycles. The highest BCUT2D eigenvalue weighted by atomic mass is 32.2. The van der Waals surface area contributed by atoms with Crippen molar-refractivity contribution in [3.8, 4) is 0 Å². The van der Waals surface area contributed by atoms with Gasteiger partial charge in [0.2, 0.25) is 5.09 Å². The lowest BCUT2D eigenvalue weighted by Crippen LogP contribution is -2.40. The Morgan fingerprint density at radius 2 is 2.00 bits per heavy atom. The highest BCUT2D eigenvalue weighted by molar-refractivity contribution is 7.88. The van der Waals surface area contributed by atoms with Gasteiger partial charge in [-0.2, -0.15) is 0 Å². The minimum atomic E-state index is -3.48. The first-order valence-electron chi connectivity index (χ1n) is 7.57. The Kier molecular flexibility index (Phi) is 5.11. The topological polar surface area (TPSA) is 62.6 Å². The van der Waals surface area contributed by atoms with E-state index in [1.54, 1.807) is 6.07 Å². The molecule has 0 aromatic carbocycles. The van der Waals surface area contributed by atoms with E-state index in [4.69, 9.17) is 4.42 Å². The zero-order valence-electron chi connectivity index (χ0n) is 13.3. The molecule has 120 valence electrons. The van der Waals surface area contributed by atoms with E-state index in [0.29, 0.717) is 24.3 Å². The number of hydrogen-bond donors (Lipinski definition) is 1. The molecule has 1 N–H and O–H groups in total. The molecule has 1 aliphatic carbocycles. The summed E-state index contributed by atoms with van der Waals surface area (Å²) in [5.41, 5.74) is 0. The zero-order chi connectivity index (χ0) is 15.6. The van der Waals surface area contributed by atoms with Crippen molar-refractivity contribution in [3.63, 3.8) is 0 Å². The second-order valence-electron chi connectivity index (χ2n) is 6.26. The van der Waals surface area contributed by atoms with Crippen molar-refractivity contribution < 1.29 is 12.8 Å². The van der Waals surface area contributed by atoms with E-state index in [9.17, 15) is 8.42 Å².